The SMILES string of the molecule is OCC=Cc1ccc(C(F)(F)F)cc1. The van der Waals surface area contributed by atoms with Gasteiger partial charge in [-0.15, -0.1) is 0 Å². The van der Waals surface area contributed by atoms with Crippen LogP contribution in [0.15, 0.2) is 30.3 Å². The van der Waals surface area contributed by atoms with Gasteiger partial charge in [-0.05, 0) is 17.7 Å². The van der Waals surface area contributed by atoms with Gasteiger partial charge in [0.05, 0.1) is 12.2 Å². The topological polar surface area (TPSA) is 20.2 Å². The minimum atomic E-state index is -4.29. The predicted molar refractivity (Wildman–Crippen MR) is 47.6 cm³/mol. The molecule has 0 aliphatic carbocycles. The molecule has 0 radical (unpaired) electrons. The van der Waals surface area contributed by atoms with Crippen molar-refractivity contribution in [3.8, 4) is 0 Å². The van der Waals surface area contributed by atoms with Crippen molar-refractivity contribution in [2.75, 3.05) is 6.61 Å². The number of halogens is 3. The fourth-order valence-corrected chi connectivity index (χ4v) is 0.972. The van der Waals surface area contributed by atoms with Crippen LogP contribution in [0.2, 0.25) is 0 Å². The van der Waals surface area contributed by atoms with Gasteiger partial charge in [0.2, 0.25) is 0 Å². The van der Waals surface area contributed by atoms with E-state index in [1.54, 1.807) is 6.08 Å². The van der Waals surface area contributed by atoms with Crippen LogP contribution in [0.25, 0.3) is 6.08 Å². The molecule has 14 heavy (non-hydrogen) atoms. The molecule has 0 atom stereocenters. The van der Waals surface area contributed by atoms with Crippen LogP contribution >= 0.6 is 0 Å². The number of aliphatic hydroxyl groups is 1. The van der Waals surface area contributed by atoms with Crippen LogP contribution in [-0.2, 0) is 6.18 Å². The Morgan fingerprint density at radius 1 is 1.14 bits per heavy atom. The van der Waals surface area contributed by atoms with Gasteiger partial charge in [0, 0.05) is 0 Å². The second-order valence-corrected chi connectivity index (χ2v) is 2.70. The highest BCUT2D eigenvalue weighted by Gasteiger charge is 2.29. The number of aliphatic hydroxyl groups excluding tert-OH is 1. The maximum atomic E-state index is 12.1. The molecule has 0 unspecified atom stereocenters. The standard InChI is InChI=1S/C10H9F3O/c11-10(12,13)9-5-3-8(4-6-9)2-1-7-14/h1-6,14H,7H2. The quantitative estimate of drug-likeness (QED) is 0.781. The zero-order chi connectivity index (χ0) is 10.6. The van der Waals surface area contributed by atoms with Crippen molar-refractivity contribution in [2.45, 2.75) is 6.18 Å². The first-order chi connectivity index (χ1) is 6.54. The van der Waals surface area contributed by atoms with E-state index in [0.717, 1.165) is 12.1 Å². The van der Waals surface area contributed by atoms with Crippen molar-refractivity contribution < 1.29 is 18.3 Å². The van der Waals surface area contributed by atoms with E-state index in [4.69, 9.17) is 5.11 Å². The van der Waals surface area contributed by atoms with E-state index in [-0.39, 0.29) is 6.61 Å². The van der Waals surface area contributed by atoms with E-state index in [2.05, 4.69) is 0 Å². The molecule has 0 saturated carbocycles. The Bertz CT molecular complexity index is 311. The lowest BCUT2D eigenvalue weighted by molar-refractivity contribution is -0.137. The molecule has 0 fully saturated rings. The zero-order valence-corrected chi connectivity index (χ0v) is 7.25. The summed E-state index contributed by atoms with van der Waals surface area (Å²) in [4.78, 5) is 0. The molecule has 1 aromatic rings. The largest absolute Gasteiger partial charge is 0.416 e. The van der Waals surface area contributed by atoms with Crippen LogP contribution in [-0.4, -0.2) is 11.7 Å². The highest BCUT2D eigenvalue weighted by molar-refractivity contribution is 5.49. The van der Waals surface area contributed by atoms with Gasteiger partial charge in [-0.3, -0.25) is 0 Å². The number of hydrogen-bond donors (Lipinski definition) is 1. The van der Waals surface area contributed by atoms with E-state index in [1.807, 2.05) is 0 Å². The first kappa shape index (κ1) is 10.8. The van der Waals surface area contributed by atoms with Gasteiger partial charge in [0.15, 0.2) is 0 Å². The molecule has 0 spiro atoms. The summed E-state index contributed by atoms with van der Waals surface area (Å²) in [5.74, 6) is 0. The Morgan fingerprint density at radius 2 is 1.71 bits per heavy atom. The summed E-state index contributed by atoms with van der Waals surface area (Å²) in [6.07, 6.45) is -1.28. The molecule has 1 nitrogen and oxygen atoms in total. The fourth-order valence-electron chi connectivity index (χ4n) is 0.972. The van der Waals surface area contributed by atoms with Gasteiger partial charge in [-0.1, -0.05) is 24.3 Å². The predicted octanol–water partition coefficient (Wildman–Crippen LogP) is 2.71. The lowest BCUT2D eigenvalue weighted by Gasteiger charge is -2.05. The van der Waals surface area contributed by atoms with Gasteiger partial charge in [-0.2, -0.15) is 13.2 Å². The molecule has 0 saturated heterocycles. The summed E-state index contributed by atoms with van der Waals surface area (Å²) < 4.78 is 36.3. The molecule has 1 rings (SSSR count). The van der Waals surface area contributed by atoms with Gasteiger partial charge in [-0.25, -0.2) is 0 Å². The molecule has 1 N–H and O–H groups in total. The van der Waals surface area contributed by atoms with Crippen LogP contribution in [0, 0.1) is 0 Å². The zero-order valence-electron chi connectivity index (χ0n) is 7.25. The van der Waals surface area contributed by atoms with Gasteiger partial charge < -0.3 is 5.11 Å². The normalized spacial score (nSPS) is 12.3. The van der Waals surface area contributed by atoms with Crippen LogP contribution in [0.1, 0.15) is 11.1 Å². The molecule has 0 amide bonds. The first-order valence-corrected chi connectivity index (χ1v) is 3.98. The molecule has 0 heterocycles. The van der Waals surface area contributed by atoms with Crippen LogP contribution < -0.4 is 0 Å². The molecule has 1 aromatic carbocycles. The third-order valence-electron chi connectivity index (χ3n) is 1.65. The van der Waals surface area contributed by atoms with E-state index in [1.165, 1.54) is 18.2 Å². The monoisotopic (exact) mass is 202 g/mol. The second-order valence-electron chi connectivity index (χ2n) is 2.70. The van der Waals surface area contributed by atoms with Crippen LogP contribution in [0.5, 0.6) is 0 Å². The smallest absolute Gasteiger partial charge is 0.392 e. The summed E-state index contributed by atoms with van der Waals surface area (Å²) in [5.41, 5.74) is -0.0364. The van der Waals surface area contributed by atoms with E-state index in [9.17, 15) is 13.2 Å². The number of alkyl halides is 3. The summed E-state index contributed by atoms with van der Waals surface area (Å²) >= 11 is 0. The van der Waals surface area contributed by atoms with Crippen LogP contribution in [0.4, 0.5) is 13.2 Å². The number of rotatable bonds is 2. The minimum absolute atomic E-state index is 0.124. The van der Waals surface area contributed by atoms with Crippen molar-refractivity contribution in [3.05, 3.63) is 41.5 Å². The Labute approximate surface area is 79.5 Å². The molecule has 0 aromatic heterocycles. The van der Waals surface area contributed by atoms with Crippen molar-refractivity contribution in [3.63, 3.8) is 0 Å². The van der Waals surface area contributed by atoms with Gasteiger partial charge in [0.1, 0.15) is 0 Å². The van der Waals surface area contributed by atoms with Crippen molar-refractivity contribution in [2.24, 2.45) is 0 Å². The summed E-state index contributed by atoms with van der Waals surface area (Å²) in [6.45, 7) is -0.124. The van der Waals surface area contributed by atoms with Crippen LogP contribution in [0.3, 0.4) is 0 Å². The van der Waals surface area contributed by atoms with Gasteiger partial charge >= 0.3 is 6.18 Å². The minimum Gasteiger partial charge on any atom is -0.392 e. The third kappa shape index (κ3) is 2.88. The number of hydrogen-bond acceptors (Lipinski definition) is 1. The lowest BCUT2D eigenvalue weighted by atomic mass is 10.1. The molecule has 0 aliphatic rings. The van der Waals surface area contributed by atoms with Gasteiger partial charge in [0.25, 0.3) is 0 Å². The molecular weight excluding hydrogens is 193 g/mol. The van der Waals surface area contributed by atoms with E-state index in [0.29, 0.717) is 5.56 Å². The summed E-state index contributed by atoms with van der Waals surface area (Å²) in [5, 5.41) is 8.44. The molecule has 0 bridgehead atoms. The maximum Gasteiger partial charge on any atom is 0.416 e. The fraction of sp³-hybridized carbons (Fsp3) is 0.200. The third-order valence-corrected chi connectivity index (χ3v) is 1.65. The summed E-state index contributed by atoms with van der Waals surface area (Å²) in [6, 6.07) is 4.73. The van der Waals surface area contributed by atoms with Crippen molar-refractivity contribution in [1.29, 1.82) is 0 Å². The Balaban J connectivity index is 2.84. The molecule has 4 heteroatoms. The molecule has 0 aliphatic heterocycles. The highest BCUT2D eigenvalue weighted by atomic mass is 19.4. The maximum absolute atomic E-state index is 12.1. The Hall–Kier alpha value is -1.29. The van der Waals surface area contributed by atoms with Crippen molar-refractivity contribution in [1.82, 2.24) is 0 Å². The highest BCUT2D eigenvalue weighted by Crippen LogP contribution is 2.29. The average Bonchev–Trinajstić information content (AvgIpc) is 2.14. The first-order valence-electron chi connectivity index (χ1n) is 3.98. The van der Waals surface area contributed by atoms with Crippen molar-refractivity contribution >= 4 is 6.08 Å². The average molecular weight is 202 g/mol. The Kier molecular flexibility index (Phi) is 3.30. The number of benzene rings is 1. The lowest BCUT2D eigenvalue weighted by Crippen LogP contribution is -2.03. The van der Waals surface area contributed by atoms with E-state index < -0.39 is 11.7 Å². The second kappa shape index (κ2) is 4.28. The van der Waals surface area contributed by atoms with E-state index >= 15 is 0 Å². The molecule has 76 valence electrons. The Morgan fingerprint density at radius 3 is 2.14 bits per heavy atom. The summed E-state index contributed by atoms with van der Waals surface area (Å²) in [7, 11) is 0. The molecular formula is C10H9F3O.